The highest BCUT2D eigenvalue weighted by atomic mass is 19.4. The van der Waals surface area contributed by atoms with Crippen LogP contribution in [0.4, 0.5) is 23.2 Å². The molecule has 1 aromatic heterocycles. The van der Waals surface area contributed by atoms with Crippen molar-refractivity contribution in [3.63, 3.8) is 0 Å². The highest BCUT2D eigenvalue weighted by molar-refractivity contribution is 5.93. The molecule has 210 valence electrons. The number of hydrogen-bond donors (Lipinski definition) is 2. The number of nitrogens with one attached hydrogen (secondary N) is 1. The molecule has 0 radical (unpaired) electrons. The first kappa shape index (κ1) is 27.6. The summed E-state index contributed by atoms with van der Waals surface area (Å²) in [6.07, 6.45) is -2.69. The Hall–Kier alpha value is -3.98. The maximum atomic E-state index is 14.3. The van der Waals surface area contributed by atoms with E-state index < -0.39 is 36.4 Å². The van der Waals surface area contributed by atoms with Gasteiger partial charge in [-0.1, -0.05) is 50.2 Å². The van der Waals surface area contributed by atoms with E-state index in [0.717, 1.165) is 11.1 Å². The van der Waals surface area contributed by atoms with Crippen LogP contribution in [0.15, 0.2) is 97.1 Å². The first-order valence-electron chi connectivity index (χ1n) is 12.9. The van der Waals surface area contributed by atoms with Crippen molar-refractivity contribution < 1.29 is 32.1 Å². The van der Waals surface area contributed by atoms with Gasteiger partial charge in [0.15, 0.2) is 5.60 Å². The van der Waals surface area contributed by atoms with Gasteiger partial charge in [0.1, 0.15) is 17.8 Å². The van der Waals surface area contributed by atoms with Gasteiger partial charge in [-0.25, -0.2) is 4.39 Å². The van der Waals surface area contributed by atoms with Crippen molar-refractivity contribution in [1.29, 1.82) is 0 Å². The number of alkyl halides is 3. The first-order valence-corrected chi connectivity index (χ1v) is 12.9. The van der Waals surface area contributed by atoms with Crippen molar-refractivity contribution >= 4 is 16.6 Å². The molecule has 0 saturated carbocycles. The Kier molecular flexibility index (Phi) is 7.27. The Morgan fingerprint density at radius 3 is 2.35 bits per heavy atom. The normalized spacial score (nSPS) is 17.2. The molecule has 1 aliphatic heterocycles. The Morgan fingerprint density at radius 1 is 0.925 bits per heavy atom. The largest absolute Gasteiger partial charge is 0.459 e. The Balaban J connectivity index is 1.32. The van der Waals surface area contributed by atoms with Gasteiger partial charge < -0.3 is 24.5 Å². The third-order valence-corrected chi connectivity index (χ3v) is 7.17. The zero-order valence-electron chi connectivity index (χ0n) is 22.1. The molecule has 9 heteroatoms. The van der Waals surface area contributed by atoms with Crippen molar-refractivity contribution in [2.24, 2.45) is 5.41 Å². The van der Waals surface area contributed by atoms with Crippen LogP contribution in [0.5, 0.6) is 0 Å². The number of aromatic nitrogens is 1. The third kappa shape index (κ3) is 5.65. The molecule has 1 aliphatic rings. The van der Waals surface area contributed by atoms with Gasteiger partial charge in [0, 0.05) is 34.8 Å². The van der Waals surface area contributed by atoms with Gasteiger partial charge in [0.2, 0.25) is 6.29 Å². The number of anilines is 1. The molecule has 0 spiro atoms. The second-order valence-electron chi connectivity index (χ2n) is 10.7. The number of aliphatic hydroxyl groups is 1. The molecule has 5 rings (SSSR count). The van der Waals surface area contributed by atoms with Gasteiger partial charge in [-0.3, -0.25) is 0 Å². The average molecular weight is 555 g/mol. The molecule has 2 unspecified atom stereocenters. The summed E-state index contributed by atoms with van der Waals surface area (Å²) in [5.41, 5.74) is -1.42. The van der Waals surface area contributed by atoms with E-state index in [1.807, 2.05) is 41.0 Å². The summed E-state index contributed by atoms with van der Waals surface area (Å²) in [7, 11) is 0. The maximum Gasteiger partial charge on any atom is 0.418 e. The van der Waals surface area contributed by atoms with Crippen molar-refractivity contribution in [3.8, 4) is 5.69 Å². The van der Waals surface area contributed by atoms with Crippen molar-refractivity contribution in [2.75, 3.05) is 11.9 Å². The van der Waals surface area contributed by atoms with Gasteiger partial charge in [-0.15, -0.1) is 0 Å². The number of rotatable bonds is 9. The lowest BCUT2D eigenvalue weighted by molar-refractivity contribution is -0.263. The summed E-state index contributed by atoms with van der Waals surface area (Å²) in [4.78, 5) is 0. The summed E-state index contributed by atoms with van der Waals surface area (Å²) in [6, 6.07) is 22.4. The van der Waals surface area contributed by atoms with Crippen molar-refractivity contribution in [3.05, 3.63) is 108 Å². The molecular formula is C31H30F4N2O3. The SMILES string of the molecule is CC(C)(CC(O)(CNc1cccc2c1ccn2-c1ccc(F)cc1)C(F)(F)F)C1=COC(Cc2ccccc2)O1. The van der Waals surface area contributed by atoms with E-state index in [4.69, 9.17) is 9.47 Å². The van der Waals surface area contributed by atoms with Crippen LogP contribution in [0.3, 0.4) is 0 Å². The van der Waals surface area contributed by atoms with Gasteiger partial charge in [-0.05, 0) is 54.4 Å². The summed E-state index contributed by atoms with van der Waals surface area (Å²) in [5.74, 6) is -0.122. The number of nitrogens with zero attached hydrogens (tertiary/aromatic N) is 1. The number of hydrogen-bond acceptors (Lipinski definition) is 4. The zero-order chi connectivity index (χ0) is 28.5. The topological polar surface area (TPSA) is 55.7 Å². The molecule has 4 aromatic rings. The van der Waals surface area contributed by atoms with Gasteiger partial charge in [0.05, 0.1) is 12.1 Å². The lowest BCUT2D eigenvalue weighted by atomic mass is 9.78. The fraction of sp³-hybridized carbons (Fsp3) is 0.290. The Bertz CT molecular complexity index is 1500. The molecule has 0 fully saturated rings. The molecule has 5 nitrogen and oxygen atoms in total. The fourth-order valence-corrected chi connectivity index (χ4v) is 5.02. The number of allylic oxidation sites excluding steroid dienone is 1. The fourth-order valence-electron chi connectivity index (χ4n) is 5.02. The lowest BCUT2D eigenvalue weighted by Gasteiger charge is -2.37. The van der Waals surface area contributed by atoms with Crippen LogP contribution in [-0.2, 0) is 15.9 Å². The minimum Gasteiger partial charge on any atom is -0.459 e. The third-order valence-electron chi connectivity index (χ3n) is 7.17. The van der Waals surface area contributed by atoms with E-state index in [2.05, 4.69) is 5.32 Å². The Labute approximate surface area is 229 Å². The second-order valence-corrected chi connectivity index (χ2v) is 10.7. The predicted molar refractivity (Wildman–Crippen MR) is 145 cm³/mol. The number of benzene rings is 3. The molecule has 0 amide bonds. The van der Waals surface area contributed by atoms with Crippen LogP contribution in [0.25, 0.3) is 16.6 Å². The smallest absolute Gasteiger partial charge is 0.418 e. The lowest BCUT2D eigenvalue weighted by Crippen LogP contribution is -2.53. The second kappa shape index (κ2) is 10.5. The first-order chi connectivity index (χ1) is 19.0. The van der Waals surface area contributed by atoms with Crippen molar-refractivity contribution in [1.82, 2.24) is 4.57 Å². The quantitative estimate of drug-likeness (QED) is 0.213. The molecule has 0 bridgehead atoms. The minimum absolute atomic E-state index is 0.245. The number of ether oxygens (including phenoxy) is 2. The molecule has 0 saturated heterocycles. The monoisotopic (exact) mass is 554 g/mol. The summed E-state index contributed by atoms with van der Waals surface area (Å²) in [6.45, 7) is 2.41. The van der Waals surface area contributed by atoms with Crippen LogP contribution < -0.4 is 5.32 Å². The van der Waals surface area contributed by atoms with Gasteiger partial charge in [0.25, 0.3) is 0 Å². The molecule has 2 atom stereocenters. The van der Waals surface area contributed by atoms with Crippen LogP contribution in [0.1, 0.15) is 25.8 Å². The van der Waals surface area contributed by atoms with Crippen molar-refractivity contribution in [2.45, 2.75) is 44.8 Å². The molecule has 2 N–H and O–H groups in total. The standard InChI is InChI=1S/C31H30F4N2O3/c1-29(2,27-18-39-28(40-27)17-21-7-4-3-5-8-21)19-30(38,31(33,34)35)20-36-25-9-6-10-26-24(25)15-16-37(26)23-13-11-22(32)12-14-23/h3-16,18,28,36,38H,17,19-20H2,1-2H3. The highest BCUT2D eigenvalue weighted by Crippen LogP contribution is 2.45. The summed E-state index contributed by atoms with van der Waals surface area (Å²) < 4.78 is 69.7. The van der Waals surface area contributed by atoms with E-state index >= 15 is 0 Å². The summed E-state index contributed by atoms with van der Waals surface area (Å²) in [5, 5.41) is 14.5. The van der Waals surface area contributed by atoms with Crippen LogP contribution >= 0.6 is 0 Å². The molecular weight excluding hydrogens is 524 g/mol. The van der Waals surface area contributed by atoms with Crippen LogP contribution in [-0.4, -0.2) is 34.3 Å². The minimum atomic E-state index is -4.92. The summed E-state index contributed by atoms with van der Waals surface area (Å²) >= 11 is 0. The van der Waals surface area contributed by atoms with E-state index in [0.29, 0.717) is 23.2 Å². The Morgan fingerprint density at radius 2 is 1.65 bits per heavy atom. The molecule has 40 heavy (non-hydrogen) atoms. The number of halogens is 4. The van der Waals surface area contributed by atoms with Gasteiger partial charge in [-0.2, -0.15) is 13.2 Å². The van der Waals surface area contributed by atoms with E-state index in [1.165, 1.54) is 18.4 Å². The van der Waals surface area contributed by atoms with E-state index in [1.54, 1.807) is 50.4 Å². The molecule has 0 aliphatic carbocycles. The number of fused-ring (bicyclic) bond motifs is 1. The van der Waals surface area contributed by atoms with Crippen LogP contribution in [0, 0.1) is 11.2 Å². The average Bonchev–Trinajstić information content (AvgIpc) is 3.56. The van der Waals surface area contributed by atoms with E-state index in [-0.39, 0.29) is 11.6 Å². The zero-order valence-corrected chi connectivity index (χ0v) is 22.1. The molecule has 2 heterocycles. The predicted octanol–water partition coefficient (Wildman–Crippen LogP) is 7.35. The molecule has 3 aromatic carbocycles. The van der Waals surface area contributed by atoms with E-state index in [9.17, 15) is 22.7 Å². The maximum absolute atomic E-state index is 14.3. The van der Waals surface area contributed by atoms with Gasteiger partial charge >= 0.3 is 6.18 Å². The van der Waals surface area contributed by atoms with Crippen LogP contribution in [0.2, 0.25) is 0 Å². The highest BCUT2D eigenvalue weighted by Gasteiger charge is 2.57.